The van der Waals surface area contributed by atoms with Crippen LogP contribution in [0.2, 0.25) is 0 Å². The van der Waals surface area contributed by atoms with E-state index in [9.17, 15) is 0 Å². The number of alkyl halides is 1. The summed E-state index contributed by atoms with van der Waals surface area (Å²) in [5.74, 6) is 1.48. The second-order valence-electron chi connectivity index (χ2n) is 3.14. The van der Waals surface area contributed by atoms with Crippen LogP contribution in [0.5, 0.6) is 0 Å². The largest absolute Gasteiger partial charge is 0.468 e. The van der Waals surface area contributed by atoms with Gasteiger partial charge in [0.05, 0.1) is 12.8 Å². The molecule has 0 spiro atoms. The summed E-state index contributed by atoms with van der Waals surface area (Å²) in [6, 6.07) is 3.85. The van der Waals surface area contributed by atoms with Gasteiger partial charge in [-0.25, -0.2) is 0 Å². The minimum atomic E-state index is 0.516. The molecule has 3 heteroatoms. The Kier molecular flexibility index (Phi) is 4.06. The van der Waals surface area contributed by atoms with Gasteiger partial charge in [0, 0.05) is 12.4 Å². The van der Waals surface area contributed by atoms with Crippen molar-refractivity contribution in [2.24, 2.45) is 0 Å². The van der Waals surface area contributed by atoms with E-state index in [0.29, 0.717) is 5.88 Å². The number of halogens is 1. The maximum atomic E-state index is 5.63. The molecule has 0 aliphatic carbocycles. The number of hydrogen-bond acceptors (Lipinski definition) is 2. The minimum Gasteiger partial charge on any atom is -0.468 e. The van der Waals surface area contributed by atoms with Crippen molar-refractivity contribution in [1.29, 1.82) is 0 Å². The fourth-order valence-electron chi connectivity index (χ4n) is 1.15. The lowest BCUT2D eigenvalue weighted by Gasteiger charge is -2.15. The van der Waals surface area contributed by atoms with Crippen LogP contribution < -0.4 is 0 Å². The first kappa shape index (κ1) is 10.4. The molecule has 0 bridgehead atoms. The molecule has 1 aromatic rings. The van der Waals surface area contributed by atoms with Crippen molar-refractivity contribution in [3.8, 4) is 0 Å². The molecule has 0 N–H and O–H groups in total. The summed E-state index contributed by atoms with van der Waals surface area (Å²) in [6.07, 6.45) is 1.68. The van der Waals surface area contributed by atoms with Gasteiger partial charge in [-0.2, -0.15) is 0 Å². The van der Waals surface area contributed by atoms with Crippen LogP contribution in [0.25, 0.3) is 0 Å². The molecule has 0 atom stereocenters. The minimum absolute atomic E-state index is 0.516. The number of furan rings is 1. The van der Waals surface area contributed by atoms with Gasteiger partial charge in [-0.1, -0.05) is 6.58 Å². The lowest BCUT2D eigenvalue weighted by atomic mass is 10.3. The van der Waals surface area contributed by atoms with E-state index in [4.69, 9.17) is 16.0 Å². The van der Waals surface area contributed by atoms with Crippen molar-refractivity contribution in [3.63, 3.8) is 0 Å². The van der Waals surface area contributed by atoms with Crippen LogP contribution in [-0.2, 0) is 6.54 Å². The fraction of sp³-hybridized carbons (Fsp3) is 0.400. The predicted molar refractivity (Wildman–Crippen MR) is 54.9 cm³/mol. The molecule has 0 fully saturated rings. The van der Waals surface area contributed by atoms with Crippen LogP contribution in [0.4, 0.5) is 0 Å². The zero-order valence-corrected chi connectivity index (χ0v) is 8.55. The third-order valence-electron chi connectivity index (χ3n) is 1.69. The van der Waals surface area contributed by atoms with Gasteiger partial charge in [0.2, 0.25) is 0 Å². The van der Waals surface area contributed by atoms with Crippen LogP contribution in [0.1, 0.15) is 5.76 Å². The molecule has 0 saturated heterocycles. The molecule has 1 heterocycles. The summed E-state index contributed by atoms with van der Waals surface area (Å²) in [4.78, 5) is 2.11. The summed E-state index contributed by atoms with van der Waals surface area (Å²) >= 11 is 5.63. The second-order valence-corrected chi connectivity index (χ2v) is 3.40. The molecule has 1 rings (SSSR count). The van der Waals surface area contributed by atoms with Crippen LogP contribution in [0.3, 0.4) is 0 Å². The van der Waals surface area contributed by atoms with Crippen LogP contribution in [-0.4, -0.2) is 24.4 Å². The third-order valence-corrected chi connectivity index (χ3v) is 2.07. The van der Waals surface area contributed by atoms with Crippen LogP contribution in [0.15, 0.2) is 35.0 Å². The van der Waals surface area contributed by atoms with E-state index in [2.05, 4.69) is 11.5 Å². The van der Waals surface area contributed by atoms with Gasteiger partial charge in [-0.05, 0) is 24.8 Å². The van der Waals surface area contributed by atoms with Crippen molar-refractivity contribution >= 4 is 11.6 Å². The summed E-state index contributed by atoms with van der Waals surface area (Å²) in [7, 11) is 2.01. The van der Waals surface area contributed by atoms with Gasteiger partial charge < -0.3 is 4.42 Å². The summed E-state index contributed by atoms with van der Waals surface area (Å²) in [5, 5.41) is 0. The Morgan fingerprint density at radius 3 is 3.00 bits per heavy atom. The van der Waals surface area contributed by atoms with E-state index < -0.39 is 0 Å². The highest BCUT2D eigenvalue weighted by Crippen LogP contribution is 2.05. The maximum absolute atomic E-state index is 5.63. The molecule has 2 nitrogen and oxygen atoms in total. The lowest BCUT2D eigenvalue weighted by Crippen LogP contribution is -2.20. The first-order valence-electron chi connectivity index (χ1n) is 4.16. The van der Waals surface area contributed by atoms with Crippen molar-refractivity contribution in [1.82, 2.24) is 4.90 Å². The molecular weight excluding hydrogens is 186 g/mol. The molecule has 0 amide bonds. The monoisotopic (exact) mass is 199 g/mol. The molecule has 0 unspecified atom stereocenters. The van der Waals surface area contributed by atoms with Crippen molar-refractivity contribution in [2.45, 2.75) is 6.54 Å². The van der Waals surface area contributed by atoms with E-state index in [1.54, 1.807) is 6.26 Å². The van der Waals surface area contributed by atoms with Gasteiger partial charge >= 0.3 is 0 Å². The quantitative estimate of drug-likeness (QED) is 0.535. The van der Waals surface area contributed by atoms with Crippen LogP contribution >= 0.6 is 11.6 Å². The Balaban J connectivity index is 2.33. The van der Waals surface area contributed by atoms with E-state index in [1.807, 2.05) is 19.2 Å². The van der Waals surface area contributed by atoms with Gasteiger partial charge in [-0.3, -0.25) is 4.90 Å². The third kappa shape index (κ3) is 3.66. The number of hydrogen-bond donors (Lipinski definition) is 0. The lowest BCUT2D eigenvalue weighted by molar-refractivity contribution is 0.317. The topological polar surface area (TPSA) is 16.4 Å². The van der Waals surface area contributed by atoms with E-state index >= 15 is 0 Å². The standard InChI is InChI=1S/C10H14ClNO/c1-9(6-11)7-12(2)8-10-4-3-5-13-10/h3-5H,1,6-8H2,2H3. The van der Waals surface area contributed by atoms with Gasteiger partial charge in [0.1, 0.15) is 5.76 Å². The number of nitrogens with zero attached hydrogens (tertiary/aromatic N) is 1. The Hall–Kier alpha value is -0.730. The van der Waals surface area contributed by atoms with Gasteiger partial charge in [0.15, 0.2) is 0 Å². The smallest absolute Gasteiger partial charge is 0.117 e. The SMILES string of the molecule is C=C(CCl)CN(C)Cc1ccco1. The first-order valence-corrected chi connectivity index (χ1v) is 4.69. The second kappa shape index (κ2) is 5.10. The highest BCUT2D eigenvalue weighted by Gasteiger charge is 2.03. The zero-order valence-electron chi connectivity index (χ0n) is 7.79. The average Bonchev–Trinajstić information content (AvgIpc) is 2.56. The Morgan fingerprint density at radius 1 is 1.69 bits per heavy atom. The van der Waals surface area contributed by atoms with E-state index in [-0.39, 0.29) is 0 Å². The molecule has 13 heavy (non-hydrogen) atoms. The van der Waals surface area contributed by atoms with E-state index in [0.717, 1.165) is 24.4 Å². The van der Waals surface area contributed by atoms with Gasteiger partial charge in [0.25, 0.3) is 0 Å². The maximum Gasteiger partial charge on any atom is 0.117 e. The van der Waals surface area contributed by atoms with Crippen molar-refractivity contribution < 1.29 is 4.42 Å². The van der Waals surface area contributed by atoms with Crippen LogP contribution in [0, 0.1) is 0 Å². The van der Waals surface area contributed by atoms with Crippen molar-refractivity contribution in [2.75, 3.05) is 19.5 Å². The Morgan fingerprint density at radius 2 is 2.46 bits per heavy atom. The molecule has 0 aromatic carbocycles. The highest BCUT2D eigenvalue weighted by atomic mass is 35.5. The Labute approximate surface area is 83.8 Å². The summed E-state index contributed by atoms with van der Waals surface area (Å²) < 4.78 is 5.22. The van der Waals surface area contributed by atoms with E-state index in [1.165, 1.54) is 0 Å². The fourth-order valence-corrected chi connectivity index (χ4v) is 1.23. The molecule has 1 aromatic heterocycles. The molecule has 0 aliphatic rings. The average molecular weight is 200 g/mol. The first-order chi connectivity index (χ1) is 6.22. The normalized spacial score (nSPS) is 10.7. The molecule has 72 valence electrons. The molecule has 0 aliphatic heterocycles. The Bertz CT molecular complexity index is 256. The van der Waals surface area contributed by atoms with Crippen molar-refractivity contribution in [3.05, 3.63) is 36.3 Å². The molecule has 0 saturated carbocycles. The zero-order chi connectivity index (χ0) is 9.68. The summed E-state index contributed by atoms with van der Waals surface area (Å²) in [5.41, 5.74) is 1.02. The molecular formula is C10H14ClNO. The number of rotatable bonds is 5. The predicted octanol–water partition coefficient (Wildman–Crippen LogP) is 2.51. The number of likely N-dealkylation sites (N-methyl/N-ethyl adjacent to an activating group) is 1. The highest BCUT2D eigenvalue weighted by molar-refractivity contribution is 6.19. The van der Waals surface area contributed by atoms with Gasteiger partial charge in [-0.15, -0.1) is 11.6 Å². The molecule has 0 radical (unpaired) electrons. The summed E-state index contributed by atoms with van der Waals surface area (Å²) in [6.45, 7) is 5.44.